The first-order valence-corrected chi connectivity index (χ1v) is 9.23. The van der Waals surface area contributed by atoms with Gasteiger partial charge in [0.2, 0.25) is 0 Å². The SMILES string of the molecule is COC(=O)c1ccc2c(c1)n1cc(C(C)(C)C)cc1n2CC1CCCO1. The van der Waals surface area contributed by atoms with Gasteiger partial charge in [-0.3, -0.25) is 0 Å². The van der Waals surface area contributed by atoms with E-state index in [1.54, 1.807) is 0 Å². The summed E-state index contributed by atoms with van der Waals surface area (Å²) in [6.45, 7) is 8.33. The number of rotatable bonds is 3. The highest BCUT2D eigenvalue weighted by Crippen LogP contribution is 2.31. The molecule has 0 bridgehead atoms. The van der Waals surface area contributed by atoms with E-state index in [9.17, 15) is 4.79 Å². The molecule has 138 valence electrons. The summed E-state index contributed by atoms with van der Waals surface area (Å²) in [5, 5.41) is 0. The standard InChI is InChI=1S/C21H26N2O3/c1-21(2,3)15-11-19-22(12-15)18-10-14(20(24)25-4)7-8-17(18)23(19)13-16-6-5-9-26-16/h7-8,10-12,16H,5-6,9,13H2,1-4H3. The Morgan fingerprint density at radius 3 is 2.73 bits per heavy atom. The van der Waals surface area contributed by atoms with Crippen LogP contribution in [0.5, 0.6) is 0 Å². The molecule has 4 rings (SSSR count). The maximum Gasteiger partial charge on any atom is 0.337 e. The Balaban J connectivity index is 1.92. The summed E-state index contributed by atoms with van der Waals surface area (Å²) in [4.78, 5) is 12.0. The van der Waals surface area contributed by atoms with Crippen molar-refractivity contribution in [1.82, 2.24) is 8.97 Å². The Kier molecular flexibility index (Phi) is 4.07. The molecule has 3 heterocycles. The number of fused-ring (bicyclic) bond motifs is 3. The monoisotopic (exact) mass is 354 g/mol. The van der Waals surface area contributed by atoms with Gasteiger partial charge in [-0.05, 0) is 48.1 Å². The average molecular weight is 354 g/mol. The van der Waals surface area contributed by atoms with E-state index in [2.05, 4.69) is 42.0 Å². The number of benzene rings is 1. The van der Waals surface area contributed by atoms with Crippen molar-refractivity contribution in [3.8, 4) is 0 Å². The minimum atomic E-state index is -0.310. The third kappa shape index (κ3) is 2.80. The van der Waals surface area contributed by atoms with Crippen molar-refractivity contribution >= 4 is 22.6 Å². The predicted molar refractivity (Wildman–Crippen MR) is 102 cm³/mol. The zero-order valence-electron chi connectivity index (χ0n) is 15.9. The number of esters is 1. The van der Waals surface area contributed by atoms with Crippen molar-refractivity contribution in [1.29, 1.82) is 0 Å². The van der Waals surface area contributed by atoms with E-state index >= 15 is 0 Å². The van der Waals surface area contributed by atoms with Gasteiger partial charge in [0.15, 0.2) is 0 Å². The molecule has 0 amide bonds. The summed E-state index contributed by atoms with van der Waals surface area (Å²) in [5.41, 5.74) is 5.19. The van der Waals surface area contributed by atoms with Crippen molar-refractivity contribution in [2.24, 2.45) is 0 Å². The molecule has 3 aromatic rings. The van der Waals surface area contributed by atoms with Gasteiger partial charge in [0.05, 0.1) is 36.4 Å². The second kappa shape index (κ2) is 6.16. The summed E-state index contributed by atoms with van der Waals surface area (Å²) >= 11 is 0. The van der Waals surface area contributed by atoms with Crippen LogP contribution in [-0.4, -0.2) is 34.8 Å². The summed E-state index contributed by atoms with van der Waals surface area (Å²) in [7, 11) is 1.41. The second-order valence-corrected chi connectivity index (χ2v) is 8.15. The van der Waals surface area contributed by atoms with E-state index in [1.807, 2.05) is 18.2 Å². The van der Waals surface area contributed by atoms with E-state index in [0.29, 0.717) is 5.56 Å². The number of carbonyl (C=O) groups excluding carboxylic acids is 1. The van der Waals surface area contributed by atoms with Gasteiger partial charge in [0.25, 0.3) is 0 Å². The van der Waals surface area contributed by atoms with Gasteiger partial charge in [-0.2, -0.15) is 0 Å². The van der Waals surface area contributed by atoms with Gasteiger partial charge in [-0.25, -0.2) is 4.79 Å². The number of ether oxygens (including phenoxy) is 2. The number of imidazole rings is 1. The van der Waals surface area contributed by atoms with Gasteiger partial charge >= 0.3 is 5.97 Å². The lowest BCUT2D eigenvalue weighted by molar-refractivity contribution is 0.0601. The van der Waals surface area contributed by atoms with Crippen LogP contribution < -0.4 is 0 Å². The molecule has 1 aliphatic rings. The van der Waals surface area contributed by atoms with Crippen LogP contribution in [0.1, 0.15) is 49.5 Å². The number of carbonyl (C=O) groups is 1. The molecule has 26 heavy (non-hydrogen) atoms. The van der Waals surface area contributed by atoms with Gasteiger partial charge in [0.1, 0.15) is 5.65 Å². The lowest BCUT2D eigenvalue weighted by Crippen LogP contribution is -2.15. The fraction of sp³-hybridized carbons (Fsp3) is 0.476. The zero-order chi connectivity index (χ0) is 18.5. The maximum atomic E-state index is 12.0. The molecule has 2 aromatic heterocycles. The summed E-state index contributed by atoms with van der Waals surface area (Å²) < 4.78 is 15.3. The molecule has 0 radical (unpaired) electrons. The van der Waals surface area contributed by atoms with Crippen LogP contribution in [0.3, 0.4) is 0 Å². The Bertz CT molecular complexity index is 969. The largest absolute Gasteiger partial charge is 0.465 e. The van der Waals surface area contributed by atoms with Crippen LogP contribution in [0.15, 0.2) is 30.5 Å². The van der Waals surface area contributed by atoms with Crippen molar-refractivity contribution in [2.45, 2.75) is 51.7 Å². The molecule has 0 spiro atoms. The highest BCUT2D eigenvalue weighted by molar-refractivity contribution is 5.95. The molecule has 1 saturated heterocycles. The van der Waals surface area contributed by atoms with E-state index in [1.165, 1.54) is 12.7 Å². The minimum absolute atomic E-state index is 0.0625. The zero-order valence-corrected chi connectivity index (χ0v) is 15.9. The lowest BCUT2D eigenvalue weighted by atomic mass is 9.89. The van der Waals surface area contributed by atoms with Crippen LogP contribution in [0.2, 0.25) is 0 Å². The van der Waals surface area contributed by atoms with E-state index < -0.39 is 0 Å². The normalized spacial score (nSPS) is 18.1. The van der Waals surface area contributed by atoms with E-state index in [0.717, 1.165) is 42.7 Å². The first-order chi connectivity index (χ1) is 12.4. The van der Waals surface area contributed by atoms with Gasteiger partial charge in [-0.1, -0.05) is 20.8 Å². The van der Waals surface area contributed by atoms with Gasteiger partial charge in [-0.15, -0.1) is 0 Å². The van der Waals surface area contributed by atoms with Crippen molar-refractivity contribution in [3.05, 3.63) is 41.6 Å². The highest BCUT2D eigenvalue weighted by atomic mass is 16.5. The number of hydrogen-bond acceptors (Lipinski definition) is 3. The lowest BCUT2D eigenvalue weighted by Gasteiger charge is -2.16. The smallest absolute Gasteiger partial charge is 0.337 e. The molecule has 1 unspecified atom stereocenters. The summed E-state index contributed by atoms with van der Waals surface area (Å²) in [5.74, 6) is -0.310. The van der Waals surface area contributed by atoms with Crippen LogP contribution in [0, 0.1) is 0 Å². The molecule has 0 aliphatic carbocycles. The molecule has 1 atom stereocenters. The first kappa shape index (κ1) is 17.2. The van der Waals surface area contributed by atoms with Gasteiger partial charge < -0.3 is 18.4 Å². The molecular formula is C21H26N2O3. The van der Waals surface area contributed by atoms with Crippen molar-refractivity contribution in [3.63, 3.8) is 0 Å². The Morgan fingerprint density at radius 2 is 2.08 bits per heavy atom. The van der Waals surface area contributed by atoms with E-state index in [4.69, 9.17) is 9.47 Å². The summed E-state index contributed by atoms with van der Waals surface area (Å²) in [6.07, 6.45) is 4.66. The molecule has 1 aliphatic heterocycles. The summed E-state index contributed by atoms with van der Waals surface area (Å²) in [6, 6.07) is 8.03. The van der Waals surface area contributed by atoms with Crippen molar-refractivity contribution in [2.75, 3.05) is 13.7 Å². The highest BCUT2D eigenvalue weighted by Gasteiger charge is 2.23. The first-order valence-electron chi connectivity index (χ1n) is 9.23. The van der Waals surface area contributed by atoms with Crippen LogP contribution in [0.4, 0.5) is 0 Å². The van der Waals surface area contributed by atoms with Gasteiger partial charge in [0, 0.05) is 12.8 Å². The van der Waals surface area contributed by atoms with E-state index in [-0.39, 0.29) is 17.5 Å². The maximum absolute atomic E-state index is 12.0. The molecular weight excluding hydrogens is 328 g/mol. The molecule has 5 heteroatoms. The predicted octanol–water partition coefficient (Wildman–Crippen LogP) is 4.16. The third-order valence-electron chi connectivity index (χ3n) is 5.30. The fourth-order valence-electron chi connectivity index (χ4n) is 3.76. The van der Waals surface area contributed by atoms with Crippen molar-refractivity contribution < 1.29 is 14.3 Å². The average Bonchev–Trinajstić information content (AvgIpc) is 3.31. The Labute approximate surface area is 153 Å². The topological polar surface area (TPSA) is 44.9 Å². The Hall–Kier alpha value is -2.27. The molecule has 5 nitrogen and oxygen atoms in total. The number of methoxy groups -OCH3 is 1. The molecule has 1 fully saturated rings. The Morgan fingerprint density at radius 1 is 1.27 bits per heavy atom. The molecule has 0 saturated carbocycles. The molecule has 1 aromatic carbocycles. The number of nitrogens with zero attached hydrogens (tertiary/aromatic N) is 2. The minimum Gasteiger partial charge on any atom is -0.465 e. The number of hydrogen-bond donors (Lipinski definition) is 0. The quantitative estimate of drug-likeness (QED) is 0.664. The number of aromatic nitrogens is 2. The second-order valence-electron chi connectivity index (χ2n) is 8.15. The fourth-order valence-corrected chi connectivity index (χ4v) is 3.76. The van der Waals surface area contributed by atoms with Crippen LogP contribution >= 0.6 is 0 Å². The van der Waals surface area contributed by atoms with Crippen LogP contribution in [0.25, 0.3) is 16.7 Å². The third-order valence-corrected chi connectivity index (χ3v) is 5.30. The molecule has 0 N–H and O–H groups in total. The van der Waals surface area contributed by atoms with Crippen LogP contribution in [-0.2, 0) is 21.4 Å².